The highest BCUT2D eigenvalue weighted by Gasteiger charge is 2.49. The zero-order valence-electron chi connectivity index (χ0n) is 14.7. The van der Waals surface area contributed by atoms with Gasteiger partial charge in [-0.2, -0.15) is 0 Å². The molecule has 0 aromatic heterocycles. The van der Waals surface area contributed by atoms with Crippen molar-refractivity contribution in [2.45, 2.75) is 37.3 Å². The Kier molecular flexibility index (Phi) is 3.24. The molecule has 2 aliphatic heterocycles. The van der Waals surface area contributed by atoms with Crippen molar-refractivity contribution in [1.82, 2.24) is 4.90 Å². The predicted octanol–water partition coefficient (Wildman–Crippen LogP) is 3.73. The monoisotopic (exact) mass is 330 g/mol. The van der Waals surface area contributed by atoms with Gasteiger partial charge >= 0.3 is 5.97 Å². The maximum absolute atomic E-state index is 12.5. The van der Waals surface area contributed by atoms with Crippen molar-refractivity contribution in [2.24, 2.45) is 5.92 Å². The van der Waals surface area contributed by atoms with Gasteiger partial charge in [-0.15, -0.1) is 0 Å². The molecule has 0 spiro atoms. The number of esters is 1. The van der Waals surface area contributed by atoms with Crippen LogP contribution in [0.25, 0.3) is 0 Å². The Morgan fingerprint density at radius 1 is 1.38 bits per heavy atom. The van der Waals surface area contributed by atoms with Crippen LogP contribution in [0.4, 0.5) is 0 Å². The van der Waals surface area contributed by atoms with E-state index in [-0.39, 0.29) is 24.0 Å². The van der Waals surface area contributed by atoms with Gasteiger partial charge < -0.3 is 4.74 Å². The number of methoxy groups -OCH3 is 1. The second-order valence-electron chi connectivity index (χ2n) is 5.77. The lowest BCUT2D eigenvalue weighted by atomic mass is 9.76. The highest BCUT2D eigenvalue weighted by molar-refractivity contribution is 6.42. The molecule has 2 bridgehead atoms. The van der Waals surface area contributed by atoms with E-state index < -0.39 is 12.9 Å². The topological polar surface area (TPSA) is 29.5 Å². The van der Waals surface area contributed by atoms with Crippen LogP contribution in [0.1, 0.15) is 34.9 Å². The predicted molar refractivity (Wildman–Crippen MR) is 83.9 cm³/mol. The fourth-order valence-electron chi connectivity index (χ4n) is 3.75. The quantitative estimate of drug-likeness (QED) is 0.774. The van der Waals surface area contributed by atoms with Crippen molar-refractivity contribution in [1.29, 1.82) is 0 Å². The summed E-state index contributed by atoms with van der Waals surface area (Å²) in [5.74, 6) is -1.01. The summed E-state index contributed by atoms with van der Waals surface area (Å²) >= 11 is 12.1. The fourth-order valence-corrected chi connectivity index (χ4v) is 4.05. The first kappa shape index (κ1) is 11.8. The summed E-state index contributed by atoms with van der Waals surface area (Å²) in [5, 5.41) is 0.890. The molecule has 0 amide bonds. The molecule has 0 radical (unpaired) electrons. The molecular weight excluding hydrogens is 309 g/mol. The number of ether oxygens (including phenoxy) is 1. The van der Waals surface area contributed by atoms with Crippen molar-refractivity contribution < 1.29 is 13.6 Å². The van der Waals surface area contributed by atoms with E-state index in [0.29, 0.717) is 22.9 Å². The Morgan fingerprint density at radius 3 is 2.86 bits per heavy atom. The third-order valence-corrected chi connectivity index (χ3v) is 5.50. The van der Waals surface area contributed by atoms with Gasteiger partial charge in [-0.1, -0.05) is 29.3 Å². The highest BCUT2D eigenvalue weighted by Crippen LogP contribution is 2.47. The summed E-state index contributed by atoms with van der Waals surface area (Å²) in [6.07, 6.45) is 2.04. The van der Waals surface area contributed by atoms with E-state index in [9.17, 15) is 4.79 Å². The number of nitrogens with zero attached hydrogens (tertiary/aromatic N) is 1. The van der Waals surface area contributed by atoms with Gasteiger partial charge in [-0.25, -0.2) is 0 Å². The lowest BCUT2D eigenvalue weighted by Gasteiger charge is -2.41. The largest absolute Gasteiger partial charge is 0.469 e. The number of carbonyl (C=O) groups excluding carboxylic acids is 1. The Bertz CT molecular complexity index is 653. The van der Waals surface area contributed by atoms with Gasteiger partial charge in [0.05, 0.1) is 23.1 Å². The minimum absolute atomic E-state index is 0.0668. The second-order valence-corrected chi connectivity index (χ2v) is 6.58. The molecule has 1 aromatic rings. The molecule has 3 rings (SSSR count). The van der Waals surface area contributed by atoms with Gasteiger partial charge in [-0.05, 0) is 43.9 Å². The number of benzene rings is 1. The van der Waals surface area contributed by atoms with Gasteiger partial charge in [0.2, 0.25) is 0 Å². The number of carbonyl (C=O) groups is 1. The van der Waals surface area contributed by atoms with E-state index in [1.54, 1.807) is 12.1 Å². The summed E-state index contributed by atoms with van der Waals surface area (Å²) in [4.78, 5) is 14.0. The van der Waals surface area contributed by atoms with Gasteiger partial charge in [0.15, 0.2) is 0 Å². The number of piperidine rings is 1. The van der Waals surface area contributed by atoms with E-state index in [1.807, 2.05) is 6.07 Å². The minimum atomic E-state index is -2.21. The Morgan fingerprint density at radius 2 is 2.19 bits per heavy atom. The zero-order valence-corrected chi connectivity index (χ0v) is 13.2. The third kappa shape index (κ3) is 2.56. The van der Waals surface area contributed by atoms with Crippen LogP contribution < -0.4 is 0 Å². The maximum Gasteiger partial charge on any atom is 0.310 e. The fraction of sp³-hybridized carbons (Fsp3) is 0.562. The zero-order chi connectivity index (χ0) is 17.6. The van der Waals surface area contributed by atoms with E-state index in [0.717, 1.165) is 12.0 Å². The van der Waals surface area contributed by atoms with Gasteiger partial charge in [0, 0.05) is 22.1 Å². The van der Waals surface area contributed by atoms with Crippen molar-refractivity contribution in [3.8, 4) is 0 Å². The molecular formula is C16H19Cl2NO2. The third-order valence-electron chi connectivity index (χ3n) is 4.77. The lowest BCUT2D eigenvalue weighted by Crippen LogP contribution is -2.49. The molecule has 3 nitrogen and oxygen atoms in total. The van der Waals surface area contributed by atoms with Crippen LogP contribution in [0.15, 0.2) is 18.2 Å². The van der Waals surface area contributed by atoms with Crippen molar-refractivity contribution in [2.75, 3.05) is 14.1 Å². The lowest BCUT2D eigenvalue weighted by molar-refractivity contribution is -0.150. The van der Waals surface area contributed by atoms with Crippen LogP contribution in [-0.2, 0) is 9.53 Å². The van der Waals surface area contributed by atoms with Crippen LogP contribution in [0, 0.1) is 5.92 Å². The molecule has 0 saturated carbocycles. The molecule has 0 aliphatic carbocycles. The second kappa shape index (κ2) is 5.79. The average molecular weight is 331 g/mol. The first-order chi connectivity index (χ1) is 11.2. The molecule has 0 unspecified atom stereocenters. The highest BCUT2D eigenvalue weighted by atomic mass is 35.5. The number of hydrogen-bond acceptors (Lipinski definition) is 3. The number of rotatable bonds is 2. The van der Waals surface area contributed by atoms with Gasteiger partial charge in [0.1, 0.15) is 0 Å². The smallest absolute Gasteiger partial charge is 0.310 e. The van der Waals surface area contributed by atoms with E-state index >= 15 is 0 Å². The molecule has 2 fully saturated rings. The average Bonchev–Trinajstić information content (AvgIpc) is 2.84. The summed E-state index contributed by atoms with van der Waals surface area (Å²) in [5.41, 5.74) is 0.905. The van der Waals surface area contributed by atoms with Crippen LogP contribution in [0.2, 0.25) is 10.0 Å². The number of fused-ring (bicyclic) bond motifs is 2. The molecule has 2 aliphatic rings. The van der Waals surface area contributed by atoms with Crippen LogP contribution in [0.3, 0.4) is 0 Å². The molecule has 1 aromatic carbocycles. The van der Waals surface area contributed by atoms with E-state index in [1.165, 1.54) is 12.0 Å². The summed E-state index contributed by atoms with van der Waals surface area (Å²) < 4.78 is 28.4. The van der Waals surface area contributed by atoms with E-state index in [2.05, 4.69) is 0 Å². The molecule has 5 heteroatoms. The van der Waals surface area contributed by atoms with Crippen molar-refractivity contribution in [3.63, 3.8) is 0 Å². The number of halogens is 2. The van der Waals surface area contributed by atoms with Gasteiger partial charge in [0.25, 0.3) is 0 Å². The molecule has 4 atom stereocenters. The SMILES string of the molecule is [2H]C([2H])([2H])N1[C@H]2CC[C@@H]1[C@@H](C(=O)OC)[C@@H](c1ccc(Cl)c(Cl)c1)C2. The van der Waals surface area contributed by atoms with Crippen LogP contribution in [0.5, 0.6) is 0 Å². The summed E-state index contributed by atoms with van der Waals surface area (Å²) in [6.45, 7) is -2.21. The molecule has 0 N–H and O–H groups in total. The van der Waals surface area contributed by atoms with E-state index in [4.69, 9.17) is 32.1 Å². The van der Waals surface area contributed by atoms with Crippen LogP contribution in [-0.4, -0.2) is 37.0 Å². The van der Waals surface area contributed by atoms with Gasteiger partial charge in [-0.3, -0.25) is 9.69 Å². The van der Waals surface area contributed by atoms with Crippen LogP contribution >= 0.6 is 23.2 Å². The summed E-state index contributed by atoms with van der Waals surface area (Å²) in [6, 6.07) is 4.94. The molecule has 114 valence electrons. The normalized spacial score (nSPS) is 34.9. The van der Waals surface area contributed by atoms with Crippen molar-refractivity contribution >= 4 is 29.2 Å². The first-order valence-corrected chi connectivity index (χ1v) is 7.81. The first-order valence-electron chi connectivity index (χ1n) is 8.55. The standard InChI is InChI=1S/C16H19Cl2NO2/c1-19-10-4-6-14(19)15(16(20)21-2)11(8-10)9-3-5-12(17)13(18)7-9/h3,5,7,10-11,14-15H,4,6,8H2,1-2H3/t10-,11+,14+,15-/m0/s1/i1D3. The molecule has 21 heavy (non-hydrogen) atoms. The number of hydrogen-bond donors (Lipinski definition) is 0. The Balaban J connectivity index is 2.01. The summed E-state index contributed by atoms with van der Waals surface area (Å²) in [7, 11) is 1.34. The molecule has 2 heterocycles. The Labute approximate surface area is 139 Å². The molecule has 2 saturated heterocycles. The van der Waals surface area contributed by atoms with Crippen molar-refractivity contribution in [3.05, 3.63) is 33.8 Å². The minimum Gasteiger partial charge on any atom is -0.469 e. The maximum atomic E-state index is 12.5. The Hall–Kier alpha value is -0.770.